The first-order valence-electron chi connectivity index (χ1n) is 10.6. The number of nitrogens with one attached hydrogen (secondary N) is 1. The van der Waals surface area contributed by atoms with Gasteiger partial charge in [-0.1, -0.05) is 25.1 Å². The predicted molar refractivity (Wildman–Crippen MR) is 120 cm³/mol. The van der Waals surface area contributed by atoms with E-state index in [0.717, 1.165) is 46.3 Å². The van der Waals surface area contributed by atoms with Gasteiger partial charge in [-0.2, -0.15) is 0 Å². The molecule has 1 aliphatic carbocycles. The van der Waals surface area contributed by atoms with E-state index < -0.39 is 9.84 Å². The van der Waals surface area contributed by atoms with Crippen LogP contribution >= 0.6 is 0 Å². The van der Waals surface area contributed by atoms with Crippen molar-refractivity contribution in [1.82, 2.24) is 10.3 Å². The molecule has 1 aromatic carbocycles. The van der Waals surface area contributed by atoms with Crippen molar-refractivity contribution in [2.45, 2.75) is 32.2 Å². The highest BCUT2D eigenvalue weighted by molar-refractivity contribution is 7.91. The molecular formula is C24H24N2O4S. The Hall–Kier alpha value is -2.93. The number of fused-ring (bicyclic) bond motifs is 2. The summed E-state index contributed by atoms with van der Waals surface area (Å²) in [6, 6.07) is 11.0. The molecule has 7 heteroatoms. The standard InChI is InChI=1S/C24H24N2O4S/c1-15-11-16(13-18-5-4-9-30-18)23-20(12-15)22(19-6-2-3-7-21(19)26-23)24(27)25-17-8-10-31(28,29)14-17/h2-7,9,13,15,17H,8,10-12,14H2,1H3,(H,25,27)/b16-13+. The van der Waals surface area contributed by atoms with Crippen molar-refractivity contribution >= 4 is 38.3 Å². The van der Waals surface area contributed by atoms with Crippen molar-refractivity contribution < 1.29 is 17.6 Å². The SMILES string of the molecule is CC1C/C(=C\c2ccco2)c2nc3ccccc3c(C(=O)NC3CCS(=O)(=O)C3)c2C1. The minimum absolute atomic E-state index is 0.00396. The minimum atomic E-state index is -3.08. The summed E-state index contributed by atoms with van der Waals surface area (Å²) in [4.78, 5) is 18.4. The van der Waals surface area contributed by atoms with E-state index in [1.165, 1.54) is 0 Å². The number of nitrogens with zero attached hydrogens (tertiary/aromatic N) is 1. The van der Waals surface area contributed by atoms with Crippen LogP contribution in [-0.4, -0.2) is 36.9 Å². The third-order valence-electron chi connectivity index (χ3n) is 6.07. The first-order valence-corrected chi connectivity index (χ1v) is 12.4. The number of allylic oxidation sites excluding steroid dienone is 1. The molecule has 31 heavy (non-hydrogen) atoms. The van der Waals surface area contributed by atoms with Crippen molar-refractivity contribution in [1.29, 1.82) is 0 Å². The summed E-state index contributed by atoms with van der Waals surface area (Å²) in [5.74, 6) is 1.01. The Morgan fingerprint density at radius 2 is 2.03 bits per heavy atom. The monoisotopic (exact) mass is 436 g/mol. The Morgan fingerprint density at radius 3 is 2.77 bits per heavy atom. The highest BCUT2D eigenvalue weighted by Gasteiger charge is 2.32. The Labute approximate surface area is 181 Å². The summed E-state index contributed by atoms with van der Waals surface area (Å²) < 4.78 is 29.2. The smallest absolute Gasteiger partial charge is 0.252 e. The average Bonchev–Trinajstić information content (AvgIpc) is 3.35. The number of benzene rings is 1. The van der Waals surface area contributed by atoms with Crippen molar-refractivity contribution in [3.8, 4) is 0 Å². The quantitative estimate of drug-likeness (QED) is 0.673. The number of carbonyl (C=O) groups is 1. The molecule has 2 aromatic heterocycles. The van der Waals surface area contributed by atoms with Gasteiger partial charge in [-0.3, -0.25) is 4.79 Å². The van der Waals surface area contributed by atoms with Crippen LogP contribution in [0.5, 0.6) is 0 Å². The van der Waals surface area contributed by atoms with Crippen LogP contribution in [0.3, 0.4) is 0 Å². The molecule has 3 aromatic rings. The number of rotatable bonds is 3. The molecule has 1 N–H and O–H groups in total. The van der Waals surface area contributed by atoms with Gasteiger partial charge in [-0.05, 0) is 60.6 Å². The number of pyridine rings is 1. The number of aromatic nitrogens is 1. The van der Waals surface area contributed by atoms with Gasteiger partial charge < -0.3 is 9.73 Å². The van der Waals surface area contributed by atoms with Gasteiger partial charge >= 0.3 is 0 Å². The Kier molecular flexibility index (Phi) is 4.93. The zero-order valence-corrected chi connectivity index (χ0v) is 18.1. The molecule has 0 saturated carbocycles. The lowest BCUT2D eigenvalue weighted by Crippen LogP contribution is -2.36. The molecule has 3 heterocycles. The van der Waals surface area contributed by atoms with E-state index in [0.29, 0.717) is 17.9 Å². The van der Waals surface area contributed by atoms with E-state index >= 15 is 0 Å². The molecule has 1 saturated heterocycles. The van der Waals surface area contributed by atoms with Gasteiger partial charge in [0.2, 0.25) is 0 Å². The van der Waals surface area contributed by atoms with E-state index in [1.807, 2.05) is 42.5 Å². The van der Waals surface area contributed by atoms with Crippen LogP contribution < -0.4 is 5.32 Å². The van der Waals surface area contributed by atoms with E-state index in [4.69, 9.17) is 9.40 Å². The lowest BCUT2D eigenvalue weighted by Gasteiger charge is -2.27. The predicted octanol–water partition coefficient (Wildman–Crippen LogP) is 3.87. The minimum Gasteiger partial charge on any atom is -0.465 e. The number of carbonyl (C=O) groups excluding carboxylic acids is 1. The van der Waals surface area contributed by atoms with Gasteiger partial charge in [-0.25, -0.2) is 13.4 Å². The summed E-state index contributed by atoms with van der Waals surface area (Å²) in [5.41, 5.74) is 4.17. The zero-order chi connectivity index (χ0) is 21.6. The lowest BCUT2D eigenvalue weighted by molar-refractivity contribution is 0.0941. The van der Waals surface area contributed by atoms with Crippen molar-refractivity contribution in [3.63, 3.8) is 0 Å². The molecule has 0 bridgehead atoms. The molecule has 5 rings (SSSR count). The van der Waals surface area contributed by atoms with E-state index in [-0.39, 0.29) is 23.5 Å². The van der Waals surface area contributed by atoms with Crippen LogP contribution in [0.15, 0.2) is 47.1 Å². The molecule has 1 fully saturated rings. The van der Waals surface area contributed by atoms with Crippen LogP contribution in [0.2, 0.25) is 0 Å². The summed E-state index contributed by atoms with van der Waals surface area (Å²) >= 11 is 0. The number of sulfone groups is 1. The number of hydrogen-bond donors (Lipinski definition) is 1. The molecule has 160 valence electrons. The number of hydrogen-bond acceptors (Lipinski definition) is 5. The molecule has 1 amide bonds. The second-order valence-corrected chi connectivity index (χ2v) is 10.8. The third kappa shape index (κ3) is 3.90. The van der Waals surface area contributed by atoms with Crippen molar-refractivity contribution in [2.75, 3.05) is 11.5 Å². The molecule has 1 aliphatic heterocycles. The van der Waals surface area contributed by atoms with Gasteiger partial charge in [0, 0.05) is 11.4 Å². The van der Waals surface area contributed by atoms with Crippen LogP contribution in [0.4, 0.5) is 0 Å². The molecule has 2 aliphatic rings. The fraction of sp³-hybridized carbons (Fsp3) is 0.333. The summed E-state index contributed by atoms with van der Waals surface area (Å²) in [6.45, 7) is 2.17. The van der Waals surface area contributed by atoms with Crippen molar-refractivity contribution in [2.24, 2.45) is 5.92 Å². The zero-order valence-electron chi connectivity index (χ0n) is 17.3. The van der Waals surface area contributed by atoms with Gasteiger partial charge in [0.15, 0.2) is 9.84 Å². The number of para-hydroxylation sites is 1. The molecule has 0 radical (unpaired) electrons. The molecule has 2 unspecified atom stereocenters. The Balaban J connectivity index is 1.64. The maximum absolute atomic E-state index is 13.5. The average molecular weight is 437 g/mol. The maximum atomic E-state index is 13.5. The van der Waals surface area contributed by atoms with Gasteiger partial charge in [0.05, 0.1) is 34.5 Å². The molecule has 0 spiro atoms. The Bertz CT molecular complexity index is 1290. The number of furan rings is 1. The first kappa shape index (κ1) is 20.0. The Morgan fingerprint density at radius 1 is 1.19 bits per heavy atom. The van der Waals surface area contributed by atoms with Crippen molar-refractivity contribution in [3.05, 3.63) is 65.2 Å². The van der Waals surface area contributed by atoms with Gasteiger partial charge in [0.1, 0.15) is 5.76 Å². The lowest BCUT2D eigenvalue weighted by atomic mass is 9.80. The normalized spacial score (nSPS) is 23.7. The number of amides is 1. The second kappa shape index (κ2) is 7.64. The summed E-state index contributed by atoms with van der Waals surface area (Å²) in [5, 5.41) is 3.78. The van der Waals surface area contributed by atoms with Crippen LogP contribution in [-0.2, 0) is 16.3 Å². The van der Waals surface area contributed by atoms with Gasteiger partial charge in [0.25, 0.3) is 5.91 Å². The van der Waals surface area contributed by atoms with E-state index in [2.05, 4.69) is 12.2 Å². The van der Waals surface area contributed by atoms with E-state index in [9.17, 15) is 13.2 Å². The van der Waals surface area contributed by atoms with Gasteiger partial charge in [-0.15, -0.1) is 0 Å². The summed E-state index contributed by atoms with van der Waals surface area (Å²) in [6.07, 6.45) is 5.69. The highest BCUT2D eigenvalue weighted by atomic mass is 32.2. The first-order chi connectivity index (χ1) is 14.9. The fourth-order valence-electron chi connectivity index (χ4n) is 4.71. The fourth-order valence-corrected chi connectivity index (χ4v) is 6.38. The largest absolute Gasteiger partial charge is 0.465 e. The topological polar surface area (TPSA) is 89.3 Å². The molecule has 6 nitrogen and oxygen atoms in total. The summed E-state index contributed by atoms with van der Waals surface area (Å²) in [7, 11) is -3.08. The van der Waals surface area contributed by atoms with Crippen LogP contribution in [0, 0.1) is 5.92 Å². The molecular weight excluding hydrogens is 412 g/mol. The van der Waals surface area contributed by atoms with E-state index in [1.54, 1.807) is 6.26 Å². The second-order valence-electron chi connectivity index (χ2n) is 8.60. The third-order valence-corrected chi connectivity index (χ3v) is 7.84. The van der Waals surface area contributed by atoms with Crippen LogP contribution in [0.1, 0.15) is 47.1 Å². The maximum Gasteiger partial charge on any atom is 0.252 e. The highest BCUT2D eigenvalue weighted by Crippen LogP contribution is 2.38. The van der Waals surface area contributed by atoms with Crippen LogP contribution in [0.25, 0.3) is 22.6 Å². The molecule has 2 atom stereocenters.